The third-order valence-electron chi connectivity index (χ3n) is 17.7. The molecule has 64 heavy (non-hydrogen) atoms. The van der Waals surface area contributed by atoms with E-state index in [2.05, 4.69) is 58.5 Å². The van der Waals surface area contributed by atoms with Gasteiger partial charge in [0.1, 0.15) is 11.1 Å². The highest BCUT2D eigenvalue weighted by Crippen LogP contribution is 2.67. The largest absolute Gasteiger partial charge is 0.465 e. The number of hydrogen-bond donors (Lipinski definition) is 6. The molecule has 0 radical (unpaired) electrons. The summed E-state index contributed by atoms with van der Waals surface area (Å²) in [6.07, 6.45) is 3.14. The maximum Gasteiger partial charge on any atom is 0.411 e. The van der Waals surface area contributed by atoms with Gasteiger partial charge in [0, 0.05) is 41.2 Å². The molecule has 0 aromatic heterocycles. The average Bonchev–Trinajstić information content (AvgIpc) is 3.64. The zero-order valence-corrected chi connectivity index (χ0v) is 37.1. The second-order valence-electron chi connectivity index (χ2n) is 20.5. The van der Waals surface area contributed by atoms with Crippen molar-refractivity contribution in [2.45, 2.75) is 137 Å². The molecule has 338 valence electrons. The number of imide groups is 2. The molecular weight excluding hydrogens is 813 g/mol. The first-order valence-electron chi connectivity index (χ1n) is 22.8. The Kier molecular flexibility index (Phi) is 10.2. The molecule has 4 fully saturated rings. The van der Waals surface area contributed by atoms with E-state index < -0.39 is 68.6 Å². The summed E-state index contributed by atoms with van der Waals surface area (Å²) in [7, 11) is 0. The number of amides is 6. The van der Waals surface area contributed by atoms with Gasteiger partial charge in [-0.1, -0.05) is 100 Å². The van der Waals surface area contributed by atoms with E-state index in [1.165, 1.54) is 5.56 Å². The number of primary amides is 2. The van der Waals surface area contributed by atoms with Crippen LogP contribution in [0.5, 0.6) is 0 Å². The van der Waals surface area contributed by atoms with E-state index in [1.807, 2.05) is 62.4 Å². The van der Waals surface area contributed by atoms with E-state index in [9.17, 15) is 29.4 Å². The fourth-order valence-electron chi connectivity index (χ4n) is 14.8. The summed E-state index contributed by atoms with van der Waals surface area (Å²) < 4.78 is 0. The predicted molar refractivity (Wildman–Crippen MR) is 237 cm³/mol. The zero-order chi connectivity index (χ0) is 45.8. The van der Waals surface area contributed by atoms with Crippen molar-refractivity contribution in [1.82, 2.24) is 20.4 Å². The van der Waals surface area contributed by atoms with Gasteiger partial charge in [-0.25, -0.2) is 9.59 Å². The lowest BCUT2D eigenvalue weighted by atomic mass is 9.53. The quantitative estimate of drug-likeness (QED) is 0.128. The molecule has 14 nitrogen and oxygen atoms in total. The van der Waals surface area contributed by atoms with Crippen LogP contribution in [0, 0.1) is 11.3 Å². The van der Waals surface area contributed by atoms with Gasteiger partial charge in [0.05, 0.1) is 0 Å². The van der Waals surface area contributed by atoms with Gasteiger partial charge in [0.2, 0.25) is 11.8 Å². The molecule has 2 saturated heterocycles. The summed E-state index contributed by atoms with van der Waals surface area (Å²) in [4.78, 5) is 85.5. The first kappa shape index (κ1) is 43.6. The molecule has 2 aliphatic heterocycles. The monoisotopic (exact) mass is 872 g/mol. The van der Waals surface area contributed by atoms with Gasteiger partial charge in [-0.3, -0.25) is 39.6 Å². The summed E-state index contributed by atoms with van der Waals surface area (Å²) in [5.74, 6) is -2.28. The number of carbonyl (C=O) groups is 6. The van der Waals surface area contributed by atoms with Crippen molar-refractivity contribution in [2.24, 2.45) is 22.8 Å². The third-order valence-corrected chi connectivity index (χ3v) is 17.7. The molecule has 11 rings (SSSR count). The van der Waals surface area contributed by atoms with E-state index in [1.54, 1.807) is 0 Å². The molecule has 8 N–H and O–H groups in total. The second-order valence-corrected chi connectivity index (χ2v) is 20.5. The predicted octanol–water partition coefficient (Wildman–Crippen LogP) is 5.84. The summed E-state index contributed by atoms with van der Waals surface area (Å²) in [5.41, 5.74) is 10.1. The van der Waals surface area contributed by atoms with Crippen LogP contribution < -0.4 is 22.1 Å². The normalized spacial score (nSPS) is 35.3. The minimum Gasteiger partial charge on any atom is -0.465 e. The number of rotatable bonds is 12. The maximum absolute atomic E-state index is 15.1. The number of nitrogens with one attached hydrogen (secondary N) is 2. The van der Waals surface area contributed by atoms with Crippen LogP contribution in [0.15, 0.2) is 72.8 Å². The number of likely N-dealkylation sites (tertiary alicyclic amines) is 2. The third kappa shape index (κ3) is 5.82. The van der Waals surface area contributed by atoms with Crippen LogP contribution in [-0.4, -0.2) is 81.0 Å². The minimum absolute atomic E-state index is 0.133. The van der Waals surface area contributed by atoms with E-state index in [0.29, 0.717) is 79.8 Å². The van der Waals surface area contributed by atoms with Crippen LogP contribution in [0.4, 0.5) is 9.59 Å². The van der Waals surface area contributed by atoms with Gasteiger partial charge >= 0.3 is 12.2 Å². The standard InChI is InChI=1S/C50H60N6O8/c1-45(38-8-6-26-56(38)50(42(60)54-44(63)64)35-21-17-32(18-22-35)47(50,3)28-40(52)58)24-23-36(48(45,4)33-13-11-30(12-14-33)29-9-10-29)37-7-5-25-55(37)49(41(59)53-43(61)62)34-19-15-31(16-20-34)46(49,2)27-39(51)57/h11-22,29,36-38H,5-10,23-28H2,1-4H3,(H2,51,57)(H2,52,58)(H,53,59)(H,54,60)(H,61,62)(H,63,64)/t36?,37?,38?,45?,46?,47?,48?,49-,50-/m1/s1. The van der Waals surface area contributed by atoms with Gasteiger partial charge in [-0.05, 0) is 115 Å². The number of nitrogens with zero attached hydrogens (tertiary/aromatic N) is 2. The number of nitrogens with two attached hydrogens (primary N) is 2. The Hall–Kier alpha value is -5.60. The molecular formula is C50H60N6O8. The van der Waals surface area contributed by atoms with Gasteiger partial charge in [0.15, 0.2) is 0 Å². The van der Waals surface area contributed by atoms with Crippen molar-refractivity contribution in [2.75, 3.05) is 13.1 Å². The summed E-state index contributed by atoms with van der Waals surface area (Å²) >= 11 is 0. The van der Waals surface area contributed by atoms with Gasteiger partial charge in [0.25, 0.3) is 11.8 Å². The Morgan fingerprint density at radius 2 is 1.03 bits per heavy atom. The second kappa shape index (κ2) is 15.0. The molecule has 6 amide bonds. The number of hydrogen-bond acceptors (Lipinski definition) is 8. The molecule has 8 aliphatic rings. The Bertz CT molecular complexity index is 2440. The number of carboxylic acid groups (broad SMARTS) is 2. The molecule has 2 heterocycles. The highest BCUT2D eigenvalue weighted by molar-refractivity contribution is 6.01. The van der Waals surface area contributed by atoms with Crippen molar-refractivity contribution >= 4 is 35.8 Å². The number of benzene rings is 3. The molecule has 6 aliphatic carbocycles. The molecule has 0 spiro atoms. The minimum atomic E-state index is -1.61. The van der Waals surface area contributed by atoms with Crippen molar-refractivity contribution in [1.29, 1.82) is 0 Å². The summed E-state index contributed by atoms with van der Waals surface area (Å²) in [6, 6.07) is 23.4. The summed E-state index contributed by atoms with van der Waals surface area (Å²) in [5, 5.41) is 24.8. The Labute approximate surface area is 373 Å². The Balaban J connectivity index is 1.23. The van der Waals surface area contributed by atoms with E-state index >= 15 is 9.59 Å². The van der Waals surface area contributed by atoms with E-state index in [4.69, 9.17) is 11.5 Å². The molecule has 4 bridgehead atoms. The first-order chi connectivity index (χ1) is 30.3. The lowest BCUT2D eigenvalue weighted by Crippen LogP contribution is -2.72. The topological polar surface area (TPSA) is 225 Å². The highest BCUT2D eigenvalue weighted by atomic mass is 16.4. The first-order valence-corrected chi connectivity index (χ1v) is 22.8. The van der Waals surface area contributed by atoms with Gasteiger partial charge < -0.3 is 21.7 Å². The number of fused-ring (bicyclic) bond motifs is 6. The fraction of sp³-hybridized carbons (Fsp3) is 0.520. The molecule has 9 atom stereocenters. The van der Waals surface area contributed by atoms with Crippen molar-refractivity contribution in [3.63, 3.8) is 0 Å². The SMILES string of the molecule is CC1(C2CCCN2[C@@]2(C(=O)NC(=O)O)c3ccc(cc3)C2(C)CC(N)=O)CCC(C2CCCN2[C@@]2(C(=O)NC(=O)O)c3ccc(cc3)C2(C)CC(N)=O)C1(C)c1ccc(C2CC2)cc1. The zero-order valence-electron chi connectivity index (χ0n) is 37.1. The van der Waals surface area contributed by atoms with Crippen LogP contribution in [-0.2, 0) is 46.5 Å². The van der Waals surface area contributed by atoms with Crippen LogP contribution in [0.3, 0.4) is 0 Å². The van der Waals surface area contributed by atoms with Crippen molar-refractivity contribution in [3.8, 4) is 0 Å². The van der Waals surface area contributed by atoms with Gasteiger partial charge in [-0.2, -0.15) is 0 Å². The average molecular weight is 873 g/mol. The van der Waals surface area contributed by atoms with Crippen LogP contribution in [0.25, 0.3) is 0 Å². The maximum atomic E-state index is 15.1. The summed E-state index contributed by atoms with van der Waals surface area (Å²) in [6.45, 7) is 9.23. The van der Waals surface area contributed by atoms with E-state index in [-0.39, 0.29) is 30.8 Å². The molecule has 3 aromatic carbocycles. The lowest BCUT2D eigenvalue weighted by molar-refractivity contribution is -0.148. The van der Waals surface area contributed by atoms with Crippen molar-refractivity contribution in [3.05, 3.63) is 106 Å². The highest BCUT2D eigenvalue weighted by Gasteiger charge is 2.71. The van der Waals surface area contributed by atoms with Crippen LogP contribution >= 0.6 is 0 Å². The smallest absolute Gasteiger partial charge is 0.411 e. The van der Waals surface area contributed by atoms with Crippen LogP contribution in [0.1, 0.15) is 131 Å². The van der Waals surface area contributed by atoms with Crippen molar-refractivity contribution < 1.29 is 39.0 Å². The molecule has 7 unspecified atom stereocenters. The van der Waals surface area contributed by atoms with E-state index in [0.717, 1.165) is 18.4 Å². The van der Waals surface area contributed by atoms with Gasteiger partial charge in [-0.15, -0.1) is 0 Å². The fourth-order valence-corrected chi connectivity index (χ4v) is 14.8. The molecule has 14 heteroatoms. The lowest BCUT2D eigenvalue weighted by Gasteiger charge is -2.61. The Morgan fingerprint density at radius 1 is 0.594 bits per heavy atom. The van der Waals surface area contributed by atoms with Crippen LogP contribution in [0.2, 0.25) is 0 Å². The Morgan fingerprint density at radius 3 is 1.50 bits per heavy atom. The molecule has 2 saturated carbocycles. The molecule has 3 aromatic rings. The number of carbonyl (C=O) groups excluding carboxylic acids is 4.